The first-order valence-electron chi connectivity index (χ1n) is 6.43. The number of aryl methyl sites for hydroxylation is 2. The van der Waals surface area contributed by atoms with Gasteiger partial charge in [-0.2, -0.15) is 0 Å². The minimum absolute atomic E-state index is 0.104. The highest BCUT2D eigenvalue weighted by atomic mass is 79.9. The molecule has 0 aliphatic carbocycles. The van der Waals surface area contributed by atoms with Crippen LogP contribution in [0.1, 0.15) is 33.0 Å². The third-order valence-electron chi connectivity index (χ3n) is 3.13. The molecule has 0 radical (unpaired) electrons. The van der Waals surface area contributed by atoms with Gasteiger partial charge in [-0.25, -0.2) is 18.1 Å². The zero-order valence-electron chi connectivity index (χ0n) is 11.9. The monoisotopic (exact) mass is 351 g/mol. The van der Waals surface area contributed by atoms with Crippen LogP contribution in [0.2, 0.25) is 0 Å². The summed E-state index contributed by atoms with van der Waals surface area (Å²) in [4.78, 5) is 4.14. The van der Waals surface area contributed by atoms with E-state index in [4.69, 9.17) is 0 Å². The molecule has 0 aliphatic heterocycles. The standard InChI is InChI=1S/C12H22BrN3O2S/c1-5-6-16-8-12(14-11(16)4)19(17,18)15-10(3)9(2)7-13/h8-10,15H,5-7H2,1-4H3. The molecule has 0 spiro atoms. The van der Waals surface area contributed by atoms with Gasteiger partial charge < -0.3 is 4.57 Å². The second kappa shape index (κ2) is 6.85. The first-order chi connectivity index (χ1) is 8.81. The summed E-state index contributed by atoms with van der Waals surface area (Å²) in [5.41, 5.74) is 0. The Morgan fingerprint density at radius 3 is 2.63 bits per heavy atom. The van der Waals surface area contributed by atoms with Crippen LogP contribution in [0.3, 0.4) is 0 Å². The molecule has 5 nitrogen and oxygen atoms in total. The lowest BCUT2D eigenvalue weighted by atomic mass is 10.1. The van der Waals surface area contributed by atoms with E-state index in [1.165, 1.54) is 0 Å². The van der Waals surface area contributed by atoms with E-state index >= 15 is 0 Å². The van der Waals surface area contributed by atoms with Crippen LogP contribution in [0.25, 0.3) is 0 Å². The average Bonchev–Trinajstić information content (AvgIpc) is 2.71. The molecule has 0 fully saturated rings. The van der Waals surface area contributed by atoms with Crippen molar-refractivity contribution in [3.63, 3.8) is 0 Å². The van der Waals surface area contributed by atoms with Crippen LogP contribution >= 0.6 is 15.9 Å². The van der Waals surface area contributed by atoms with Crippen molar-refractivity contribution < 1.29 is 8.42 Å². The number of halogens is 1. The van der Waals surface area contributed by atoms with E-state index in [2.05, 4.69) is 25.6 Å². The fraction of sp³-hybridized carbons (Fsp3) is 0.750. The number of imidazole rings is 1. The number of nitrogens with zero attached hydrogens (tertiary/aromatic N) is 2. The molecule has 1 aromatic rings. The second-order valence-electron chi connectivity index (χ2n) is 4.86. The Bertz CT molecular complexity index is 513. The van der Waals surface area contributed by atoms with E-state index in [9.17, 15) is 8.42 Å². The lowest BCUT2D eigenvalue weighted by Crippen LogP contribution is -2.37. The summed E-state index contributed by atoms with van der Waals surface area (Å²) >= 11 is 3.36. The smallest absolute Gasteiger partial charge is 0.259 e. The largest absolute Gasteiger partial charge is 0.334 e. The molecular formula is C12H22BrN3O2S. The maximum atomic E-state index is 12.2. The topological polar surface area (TPSA) is 64.0 Å². The molecule has 19 heavy (non-hydrogen) atoms. The Labute approximate surface area is 124 Å². The van der Waals surface area contributed by atoms with Gasteiger partial charge in [-0.3, -0.25) is 0 Å². The van der Waals surface area contributed by atoms with Crippen LogP contribution in [-0.2, 0) is 16.6 Å². The quantitative estimate of drug-likeness (QED) is 0.766. The molecule has 0 amide bonds. The summed E-state index contributed by atoms with van der Waals surface area (Å²) in [7, 11) is -3.54. The Kier molecular flexibility index (Phi) is 6.01. The third-order valence-corrected chi connectivity index (χ3v) is 5.58. The van der Waals surface area contributed by atoms with Crippen LogP contribution in [0, 0.1) is 12.8 Å². The van der Waals surface area contributed by atoms with Crippen molar-refractivity contribution in [2.75, 3.05) is 5.33 Å². The molecule has 110 valence electrons. The molecule has 1 heterocycles. The molecule has 1 aromatic heterocycles. The maximum absolute atomic E-state index is 12.2. The van der Waals surface area contributed by atoms with E-state index in [1.807, 2.05) is 32.3 Å². The summed E-state index contributed by atoms with van der Waals surface area (Å²) in [6.45, 7) is 8.49. The Morgan fingerprint density at radius 2 is 2.11 bits per heavy atom. The SMILES string of the molecule is CCCn1cc(S(=O)(=O)NC(C)C(C)CBr)nc1C. The molecule has 0 bridgehead atoms. The molecule has 0 saturated carbocycles. The van der Waals surface area contributed by atoms with Crippen LogP contribution in [0.5, 0.6) is 0 Å². The first kappa shape index (κ1) is 16.7. The van der Waals surface area contributed by atoms with Crippen molar-refractivity contribution in [2.45, 2.75) is 51.7 Å². The zero-order chi connectivity index (χ0) is 14.6. The Morgan fingerprint density at radius 1 is 1.47 bits per heavy atom. The summed E-state index contributed by atoms with van der Waals surface area (Å²) in [5, 5.41) is 0.854. The third kappa shape index (κ3) is 4.29. The van der Waals surface area contributed by atoms with Crippen molar-refractivity contribution >= 4 is 26.0 Å². The lowest BCUT2D eigenvalue weighted by molar-refractivity contribution is 0.483. The second-order valence-corrected chi connectivity index (χ2v) is 7.17. The van der Waals surface area contributed by atoms with Crippen molar-refractivity contribution in [1.29, 1.82) is 0 Å². The molecule has 1 rings (SSSR count). The van der Waals surface area contributed by atoms with Gasteiger partial charge in [-0.1, -0.05) is 29.8 Å². The minimum atomic E-state index is -3.54. The first-order valence-corrected chi connectivity index (χ1v) is 9.04. The molecule has 2 atom stereocenters. The van der Waals surface area contributed by atoms with Gasteiger partial charge in [0.1, 0.15) is 5.82 Å². The fourth-order valence-corrected chi connectivity index (χ4v) is 3.55. The number of alkyl halides is 1. The molecule has 0 aromatic carbocycles. The van der Waals surface area contributed by atoms with Gasteiger partial charge in [-0.05, 0) is 26.2 Å². The highest BCUT2D eigenvalue weighted by Crippen LogP contribution is 2.13. The lowest BCUT2D eigenvalue weighted by Gasteiger charge is -2.18. The van der Waals surface area contributed by atoms with E-state index in [1.54, 1.807) is 6.20 Å². The molecule has 7 heteroatoms. The van der Waals surface area contributed by atoms with Crippen molar-refractivity contribution in [2.24, 2.45) is 5.92 Å². The fourth-order valence-electron chi connectivity index (χ4n) is 1.63. The number of rotatable bonds is 7. The summed E-state index contributed by atoms with van der Waals surface area (Å²) < 4.78 is 29.0. The number of nitrogens with one attached hydrogen (secondary N) is 1. The van der Waals surface area contributed by atoms with Gasteiger partial charge in [-0.15, -0.1) is 0 Å². The summed E-state index contributed by atoms with van der Waals surface area (Å²) in [6, 6.07) is -0.138. The number of hydrogen-bond acceptors (Lipinski definition) is 3. The Hall–Kier alpha value is -0.400. The normalized spacial score (nSPS) is 15.4. The van der Waals surface area contributed by atoms with Gasteiger partial charge in [0.15, 0.2) is 5.03 Å². The molecule has 0 saturated heterocycles. The maximum Gasteiger partial charge on any atom is 0.259 e. The highest BCUT2D eigenvalue weighted by Gasteiger charge is 2.23. The highest BCUT2D eigenvalue weighted by molar-refractivity contribution is 9.09. The predicted molar refractivity (Wildman–Crippen MR) is 80.0 cm³/mol. The molecule has 0 aliphatic rings. The van der Waals surface area contributed by atoms with Gasteiger partial charge in [0.2, 0.25) is 0 Å². The summed E-state index contributed by atoms with van der Waals surface area (Å²) in [6.07, 6.45) is 2.55. The molecular weight excluding hydrogens is 330 g/mol. The van der Waals surface area contributed by atoms with E-state index < -0.39 is 10.0 Å². The number of sulfonamides is 1. The van der Waals surface area contributed by atoms with Gasteiger partial charge >= 0.3 is 0 Å². The van der Waals surface area contributed by atoms with Crippen molar-refractivity contribution in [3.8, 4) is 0 Å². The predicted octanol–water partition coefficient (Wildman–Crippen LogP) is 2.30. The van der Waals surface area contributed by atoms with E-state index in [0.717, 1.165) is 24.1 Å². The Balaban J connectivity index is 2.91. The van der Waals surface area contributed by atoms with Gasteiger partial charge in [0.05, 0.1) is 0 Å². The van der Waals surface area contributed by atoms with Gasteiger partial charge in [0.25, 0.3) is 10.0 Å². The van der Waals surface area contributed by atoms with Crippen LogP contribution < -0.4 is 4.72 Å². The molecule has 1 N–H and O–H groups in total. The van der Waals surface area contributed by atoms with E-state index in [-0.39, 0.29) is 17.0 Å². The van der Waals surface area contributed by atoms with Crippen LogP contribution in [0.4, 0.5) is 0 Å². The van der Waals surface area contributed by atoms with Crippen molar-refractivity contribution in [1.82, 2.24) is 14.3 Å². The average molecular weight is 352 g/mol. The number of aromatic nitrogens is 2. The van der Waals surface area contributed by atoms with E-state index in [0.29, 0.717) is 0 Å². The molecule has 2 unspecified atom stereocenters. The minimum Gasteiger partial charge on any atom is -0.334 e. The summed E-state index contributed by atoms with van der Waals surface area (Å²) in [5.74, 6) is 0.942. The number of hydrogen-bond donors (Lipinski definition) is 1. The van der Waals surface area contributed by atoms with Crippen molar-refractivity contribution in [3.05, 3.63) is 12.0 Å². The van der Waals surface area contributed by atoms with Crippen LogP contribution in [0.15, 0.2) is 11.2 Å². The zero-order valence-corrected chi connectivity index (χ0v) is 14.3. The van der Waals surface area contributed by atoms with Crippen LogP contribution in [-0.4, -0.2) is 29.3 Å². The van der Waals surface area contributed by atoms with Gasteiger partial charge in [0, 0.05) is 24.1 Å².